The molecule has 6 nitrogen and oxygen atoms in total. The summed E-state index contributed by atoms with van der Waals surface area (Å²) in [5, 5.41) is 6.67. The minimum Gasteiger partial charge on any atom is -0.493 e. The molecule has 0 saturated carbocycles. The number of methoxy groups -OCH3 is 2. The van der Waals surface area contributed by atoms with Gasteiger partial charge in [-0.1, -0.05) is 30.3 Å². The van der Waals surface area contributed by atoms with Crippen molar-refractivity contribution in [1.29, 1.82) is 0 Å². The van der Waals surface area contributed by atoms with E-state index in [1.165, 1.54) is 5.56 Å². The van der Waals surface area contributed by atoms with Gasteiger partial charge in [0, 0.05) is 25.3 Å². The quantitative estimate of drug-likeness (QED) is 0.590. The van der Waals surface area contributed by atoms with Gasteiger partial charge in [-0.05, 0) is 31.8 Å². The van der Waals surface area contributed by atoms with Gasteiger partial charge in [-0.3, -0.25) is 4.99 Å². The van der Waals surface area contributed by atoms with Crippen LogP contribution in [0, 0.1) is 0 Å². The van der Waals surface area contributed by atoms with E-state index in [0.717, 1.165) is 12.2 Å². The normalized spacial score (nSPS) is 12.6. The number of ether oxygens (including phenoxy) is 2. The highest BCUT2D eigenvalue weighted by molar-refractivity contribution is 5.93. The molecule has 140 valence electrons. The number of benzene rings is 2. The Balaban J connectivity index is 2.05. The molecule has 6 heteroatoms. The minimum atomic E-state index is 0.236. The van der Waals surface area contributed by atoms with Gasteiger partial charge >= 0.3 is 0 Å². The van der Waals surface area contributed by atoms with Gasteiger partial charge in [0.2, 0.25) is 0 Å². The molecule has 2 aromatic rings. The Hall–Kier alpha value is -2.73. The second-order valence-electron chi connectivity index (χ2n) is 6.04. The summed E-state index contributed by atoms with van der Waals surface area (Å²) >= 11 is 0. The fourth-order valence-electron chi connectivity index (χ4n) is 2.70. The molecule has 0 amide bonds. The topological polar surface area (TPSA) is 58.1 Å². The van der Waals surface area contributed by atoms with Gasteiger partial charge in [0.15, 0.2) is 17.5 Å². The molecule has 0 bridgehead atoms. The molecule has 0 saturated heterocycles. The Labute approximate surface area is 155 Å². The molecule has 0 spiro atoms. The molecule has 0 fully saturated rings. The van der Waals surface area contributed by atoms with Gasteiger partial charge in [-0.15, -0.1) is 0 Å². The number of nitrogens with one attached hydrogen (secondary N) is 2. The van der Waals surface area contributed by atoms with Crippen molar-refractivity contribution in [3.8, 4) is 11.5 Å². The van der Waals surface area contributed by atoms with Crippen molar-refractivity contribution < 1.29 is 9.47 Å². The van der Waals surface area contributed by atoms with Crippen LogP contribution < -0.4 is 20.1 Å². The smallest absolute Gasteiger partial charge is 0.195 e. The Morgan fingerprint density at radius 2 is 1.73 bits per heavy atom. The Morgan fingerprint density at radius 1 is 1.04 bits per heavy atom. The predicted octanol–water partition coefficient (Wildman–Crippen LogP) is 2.99. The summed E-state index contributed by atoms with van der Waals surface area (Å²) in [6.45, 7) is 0.726. The van der Waals surface area contributed by atoms with E-state index in [2.05, 4.69) is 58.9 Å². The van der Waals surface area contributed by atoms with Crippen LogP contribution in [-0.4, -0.2) is 52.8 Å². The van der Waals surface area contributed by atoms with Crippen molar-refractivity contribution in [2.75, 3.05) is 47.2 Å². The number of likely N-dealkylation sites (N-methyl/N-ethyl adjacent to an activating group) is 1. The van der Waals surface area contributed by atoms with Crippen LogP contribution in [0.15, 0.2) is 53.5 Å². The molecule has 0 aliphatic heterocycles. The molecular weight excluding hydrogens is 328 g/mol. The lowest BCUT2D eigenvalue weighted by Crippen LogP contribution is -2.37. The van der Waals surface area contributed by atoms with E-state index in [9.17, 15) is 0 Å². The molecule has 1 unspecified atom stereocenters. The van der Waals surface area contributed by atoms with E-state index >= 15 is 0 Å². The highest BCUT2D eigenvalue weighted by Crippen LogP contribution is 2.29. The monoisotopic (exact) mass is 356 g/mol. The number of guanidine groups is 1. The first-order valence-corrected chi connectivity index (χ1v) is 8.50. The van der Waals surface area contributed by atoms with Crippen LogP contribution in [-0.2, 0) is 0 Å². The highest BCUT2D eigenvalue weighted by Gasteiger charge is 2.14. The van der Waals surface area contributed by atoms with Crippen molar-refractivity contribution in [3.63, 3.8) is 0 Å². The first-order chi connectivity index (χ1) is 12.6. The van der Waals surface area contributed by atoms with E-state index in [1.54, 1.807) is 21.3 Å². The zero-order chi connectivity index (χ0) is 18.9. The number of hydrogen-bond donors (Lipinski definition) is 2. The molecule has 26 heavy (non-hydrogen) atoms. The van der Waals surface area contributed by atoms with Crippen molar-refractivity contribution in [1.82, 2.24) is 10.2 Å². The van der Waals surface area contributed by atoms with E-state index < -0.39 is 0 Å². The number of hydrogen-bond acceptors (Lipinski definition) is 4. The van der Waals surface area contributed by atoms with Gasteiger partial charge in [-0.2, -0.15) is 0 Å². The van der Waals surface area contributed by atoms with Crippen LogP contribution in [0.25, 0.3) is 0 Å². The van der Waals surface area contributed by atoms with Crippen LogP contribution in [0.5, 0.6) is 11.5 Å². The predicted molar refractivity (Wildman–Crippen MR) is 107 cm³/mol. The number of nitrogens with zero attached hydrogens (tertiary/aromatic N) is 2. The second-order valence-corrected chi connectivity index (χ2v) is 6.04. The first-order valence-electron chi connectivity index (χ1n) is 8.50. The summed E-state index contributed by atoms with van der Waals surface area (Å²) in [4.78, 5) is 6.50. The lowest BCUT2D eigenvalue weighted by Gasteiger charge is -2.26. The zero-order valence-electron chi connectivity index (χ0n) is 16.1. The molecule has 2 aromatic carbocycles. The summed E-state index contributed by atoms with van der Waals surface area (Å²) in [7, 11) is 9.14. The zero-order valence-corrected chi connectivity index (χ0v) is 16.1. The third-order valence-electron chi connectivity index (χ3n) is 4.14. The standard InChI is InChI=1S/C20H28N4O2/c1-21-20(23-16-11-12-18(25-4)19(13-16)26-5)22-14-17(24(2)3)15-9-7-6-8-10-15/h6-13,17H,14H2,1-5H3,(H2,21,22,23). The average Bonchev–Trinajstić information content (AvgIpc) is 2.67. The Morgan fingerprint density at radius 3 is 2.31 bits per heavy atom. The molecule has 2 N–H and O–H groups in total. The lowest BCUT2D eigenvalue weighted by atomic mass is 10.1. The third-order valence-corrected chi connectivity index (χ3v) is 4.14. The van der Waals surface area contributed by atoms with Gasteiger partial charge in [0.25, 0.3) is 0 Å². The van der Waals surface area contributed by atoms with Crippen LogP contribution in [0.2, 0.25) is 0 Å². The Bertz CT molecular complexity index is 717. The van der Waals surface area contributed by atoms with Gasteiger partial charge in [0.05, 0.1) is 20.3 Å². The van der Waals surface area contributed by atoms with Crippen LogP contribution >= 0.6 is 0 Å². The fraction of sp³-hybridized carbons (Fsp3) is 0.350. The maximum absolute atomic E-state index is 5.35. The maximum Gasteiger partial charge on any atom is 0.195 e. The highest BCUT2D eigenvalue weighted by atomic mass is 16.5. The summed E-state index contributed by atoms with van der Waals surface area (Å²) in [5.41, 5.74) is 2.13. The van der Waals surface area contributed by atoms with E-state index in [1.807, 2.05) is 24.3 Å². The molecule has 0 aliphatic rings. The molecule has 0 heterocycles. The molecule has 0 aliphatic carbocycles. The van der Waals surface area contributed by atoms with E-state index in [-0.39, 0.29) is 6.04 Å². The van der Waals surface area contributed by atoms with Crippen molar-refractivity contribution >= 4 is 11.6 Å². The summed E-state index contributed by atoms with van der Waals surface area (Å²) < 4.78 is 10.6. The van der Waals surface area contributed by atoms with E-state index in [0.29, 0.717) is 17.5 Å². The maximum atomic E-state index is 5.35. The summed E-state index contributed by atoms with van der Waals surface area (Å²) in [6.07, 6.45) is 0. The summed E-state index contributed by atoms with van der Waals surface area (Å²) in [6, 6.07) is 16.3. The number of rotatable bonds is 7. The largest absolute Gasteiger partial charge is 0.493 e. The molecule has 0 aromatic heterocycles. The van der Waals surface area contributed by atoms with Crippen LogP contribution in [0.4, 0.5) is 5.69 Å². The van der Waals surface area contributed by atoms with Gasteiger partial charge in [-0.25, -0.2) is 0 Å². The van der Waals surface area contributed by atoms with Gasteiger partial charge < -0.3 is 25.0 Å². The third kappa shape index (κ3) is 5.13. The van der Waals surface area contributed by atoms with Crippen molar-refractivity contribution in [2.24, 2.45) is 4.99 Å². The summed E-state index contributed by atoms with van der Waals surface area (Å²) in [5.74, 6) is 2.06. The molecular formula is C20H28N4O2. The lowest BCUT2D eigenvalue weighted by molar-refractivity contribution is 0.299. The first kappa shape index (κ1) is 19.6. The van der Waals surface area contributed by atoms with Crippen LogP contribution in [0.1, 0.15) is 11.6 Å². The second kappa shape index (κ2) is 9.68. The van der Waals surface area contributed by atoms with Gasteiger partial charge in [0.1, 0.15) is 0 Å². The molecule has 2 rings (SSSR count). The number of anilines is 1. The average molecular weight is 356 g/mol. The van der Waals surface area contributed by atoms with Crippen LogP contribution in [0.3, 0.4) is 0 Å². The fourth-order valence-corrected chi connectivity index (χ4v) is 2.70. The molecule has 0 radical (unpaired) electrons. The van der Waals surface area contributed by atoms with Crippen molar-refractivity contribution in [3.05, 3.63) is 54.1 Å². The minimum absolute atomic E-state index is 0.236. The molecule has 1 atom stereocenters. The van der Waals surface area contributed by atoms with E-state index in [4.69, 9.17) is 9.47 Å². The SMILES string of the molecule is CN=C(NCC(c1ccccc1)N(C)C)Nc1ccc(OC)c(OC)c1. The van der Waals surface area contributed by atoms with Crippen molar-refractivity contribution in [2.45, 2.75) is 6.04 Å². The Kier molecular flexibility index (Phi) is 7.29. The number of aliphatic imine (C=N–C) groups is 1.